The van der Waals surface area contributed by atoms with E-state index in [1.165, 1.54) is 30.2 Å². The van der Waals surface area contributed by atoms with E-state index in [4.69, 9.17) is 0 Å². The largest absolute Gasteiger partial charge is 0.361 e. The Morgan fingerprint density at radius 1 is 1.29 bits per heavy atom. The summed E-state index contributed by atoms with van der Waals surface area (Å²) in [5, 5.41) is 1.50. The molecule has 0 spiro atoms. The van der Waals surface area contributed by atoms with Gasteiger partial charge in [-0.05, 0) is 59.1 Å². The Morgan fingerprint density at radius 2 is 2.10 bits per heavy atom. The lowest BCUT2D eigenvalue weighted by Crippen LogP contribution is -2.42. The van der Waals surface area contributed by atoms with Crippen LogP contribution in [-0.2, 0) is 5.41 Å². The smallest absolute Gasteiger partial charge is 0.0459 e. The second kappa shape index (κ2) is 4.03. The van der Waals surface area contributed by atoms with Crippen LogP contribution in [0, 0.1) is 11.3 Å². The van der Waals surface area contributed by atoms with Crippen molar-refractivity contribution in [2.24, 2.45) is 11.3 Å². The number of hydrogen-bond donors (Lipinski definition) is 1. The van der Waals surface area contributed by atoms with Crippen LogP contribution in [0.3, 0.4) is 0 Å². The molecule has 1 heteroatoms. The molecule has 110 valence electrons. The van der Waals surface area contributed by atoms with Crippen LogP contribution in [0.25, 0.3) is 10.9 Å². The summed E-state index contributed by atoms with van der Waals surface area (Å²) >= 11 is 0. The van der Waals surface area contributed by atoms with Crippen molar-refractivity contribution in [3.05, 3.63) is 48.2 Å². The van der Waals surface area contributed by atoms with Crippen LogP contribution in [0.5, 0.6) is 0 Å². The van der Waals surface area contributed by atoms with Crippen LogP contribution in [0.4, 0.5) is 0 Å². The molecule has 1 N–H and O–H groups in total. The first kappa shape index (κ1) is 13.2. The maximum Gasteiger partial charge on any atom is 0.0459 e. The molecule has 1 aromatic heterocycles. The van der Waals surface area contributed by atoms with Crippen molar-refractivity contribution in [2.45, 2.75) is 51.4 Å². The van der Waals surface area contributed by atoms with Crippen LogP contribution in [0.2, 0.25) is 0 Å². The van der Waals surface area contributed by atoms with Gasteiger partial charge in [-0.3, -0.25) is 0 Å². The highest BCUT2D eigenvalue weighted by Gasteiger charge is 2.48. The van der Waals surface area contributed by atoms with Crippen molar-refractivity contribution in [3.8, 4) is 0 Å². The Bertz CT molecular complexity index is 721. The summed E-state index contributed by atoms with van der Waals surface area (Å²) in [6.07, 6.45) is 8.29. The fourth-order valence-corrected chi connectivity index (χ4v) is 5.05. The Balaban J connectivity index is 1.96. The van der Waals surface area contributed by atoms with Crippen LogP contribution in [-0.4, -0.2) is 4.98 Å². The number of nitrogens with one attached hydrogen (secondary N) is 1. The highest BCUT2D eigenvalue weighted by Crippen LogP contribution is 2.58. The standard InChI is InChI=1S/C20H25N/c1-5-20(4)10-9-15-13(11-20)14-12-21-17-8-6-7-16(18(14)17)19(15,2)3/h5-8,12-13,15,21H,1,9-11H2,2-4H3/t13-,15-,20-/m0/s1. The Hall–Kier alpha value is -1.50. The molecule has 3 atom stereocenters. The number of aromatic nitrogens is 1. The molecule has 2 aliphatic carbocycles. The van der Waals surface area contributed by atoms with Crippen molar-refractivity contribution in [3.63, 3.8) is 0 Å². The van der Waals surface area contributed by atoms with Crippen LogP contribution < -0.4 is 0 Å². The number of benzene rings is 1. The maximum absolute atomic E-state index is 4.10. The molecule has 21 heavy (non-hydrogen) atoms. The maximum atomic E-state index is 4.10. The van der Waals surface area contributed by atoms with E-state index in [0.29, 0.717) is 11.3 Å². The van der Waals surface area contributed by atoms with Gasteiger partial charge in [0.1, 0.15) is 0 Å². The fourth-order valence-electron chi connectivity index (χ4n) is 5.05. The zero-order valence-corrected chi connectivity index (χ0v) is 13.4. The van der Waals surface area contributed by atoms with Gasteiger partial charge in [0.15, 0.2) is 0 Å². The molecular weight excluding hydrogens is 254 g/mol. The molecule has 0 unspecified atom stereocenters. The summed E-state index contributed by atoms with van der Waals surface area (Å²) in [5.74, 6) is 1.42. The Kier molecular flexibility index (Phi) is 2.53. The first-order chi connectivity index (χ1) is 9.96. The third-order valence-corrected chi connectivity index (χ3v) is 6.45. The first-order valence-corrected chi connectivity index (χ1v) is 8.20. The van der Waals surface area contributed by atoms with E-state index in [1.54, 1.807) is 11.1 Å². The number of hydrogen-bond acceptors (Lipinski definition) is 0. The molecule has 1 aromatic carbocycles. The van der Waals surface area contributed by atoms with Gasteiger partial charge in [0, 0.05) is 17.1 Å². The lowest BCUT2D eigenvalue weighted by Gasteiger charge is -2.51. The third kappa shape index (κ3) is 1.64. The fraction of sp³-hybridized carbons (Fsp3) is 0.500. The molecule has 1 nitrogen and oxygen atoms in total. The molecule has 1 heterocycles. The van der Waals surface area contributed by atoms with Gasteiger partial charge in [-0.2, -0.15) is 0 Å². The van der Waals surface area contributed by atoms with Gasteiger partial charge in [0.2, 0.25) is 0 Å². The van der Waals surface area contributed by atoms with E-state index < -0.39 is 0 Å². The lowest BCUT2D eigenvalue weighted by molar-refractivity contribution is 0.128. The molecule has 0 amide bonds. The molecule has 0 aliphatic heterocycles. The quantitative estimate of drug-likeness (QED) is 0.660. The van der Waals surface area contributed by atoms with Gasteiger partial charge in [0.25, 0.3) is 0 Å². The molecule has 1 saturated carbocycles. The predicted octanol–water partition coefficient (Wildman–Crippen LogP) is 5.54. The van der Waals surface area contributed by atoms with E-state index in [0.717, 1.165) is 5.92 Å². The van der Waals surface area contributed by atoms with Crippen molar-refractivity contribution < 1.29 is 0 Å². The topological polar surface area (TPSA) is 15.8 Å². The SMILES string of the molecule is C=C[C@@]1(C)CC[C@H]2[C@@H](C1)c1c[nH]c3cccc(c13)C2(C)C. The number of H-pyrrole nitrogens is 1. The summed E-state index contributed by atoms with van der Waals surface area (Å²) in [4.78, 5) is 3.51. The zero-order chi connectivity index (χ0) is 14.8. The summed E-state index contributed by atoms with van der Waals surface area (Å²) < 4.78 is 0. The van der Waals surface area contributed by atoms with Crippen molar-refractivity contribution in [1.29, 1.82) is 0 Å². The first-order valence-electron chi connectivity index (χ1n) is 8.20. The normalized spacial score (nSPS) is 33.7. The van der Waals surface area contributed by atoms with E-state index in [-0.39, 0.29) is 5.41 Å². The molecule has 0 bridgehead atoms. The van der Waals surface area contributed by atoms with Crippen LogP contribution in [0.15, 0.2) is 37.1 Å². The number of allylic oxidation sites excluding steroid dienone is 1. The minimum atomic E-state index is 0.266. The van der Waals surface area contributed by atoms with Gasteiger partial charge in [-0.25, -0.2) is 0 Å². The van der Waals surface area contributed by atoms with Gasteiger partial charge < -0.3 is 4.98 Å². The van der Waals surface area contributed by atoms with Crippen molar-refractivity contribution in [1.82, 2.24) is 4.98 Å². The third-order valence-electron chi connectivity index (χ3n) is 6.45. The highest BCUT2D eigenvalue weighted by atomic mass is 14.7. The predicted molar refractivity (Wildman–Crippen MR) is 89.7 cm³/mol. The van der Waals surface area contributed by atoms with Crippen molar-refractivity contribution in [2.75, 3.05) is 0 Å². The Labute approximate surface area is 127 Å². The lowest BCUT2D eigenvalue weighted by atomic mass is 9.53. The van der Waals surface area contributed by atoms with Gasteiger partial charge >= 0.3 is 0 Å². The van der Waals surface area contributed by atoms with Crippen LogP contribution in [0.1, 0.15) is 57.1 Å². The zero-order valence-electron chi connectivity index (χ0n) is 13.4. The molecule has 0 saturated heterocycles. The summed E-state index contributed by atoms with van der Waals surface area (Å²) in [6, 6.07) is 6.77. The van der Waals surface area contributed by atoms with Gasteiger partial charge in [-0.1, -0.05) is 39.0 Å². The van der Waals surface area contributed by atoms with Gasteiger partial charge in [0.05, 0.1) is 0 Å². The summed E-state index contributed by atoms with van der Waals surface area (Å²) in [5.41, 5.74) is 4.96. The molecule has 4 rings (SSSR count). The summed E-state index contributed by atoms with van der Waals surface area (Å²) in [7, 11) is 0. The van der Waals surface area contributed by atoms with Crippen LogP contribution >= 0.6 is 0 Å². The van der Waals surface area contributed by atoms with E-state index in [2.05, 4.69) is 62.8 Å². The average Bonchev–Trinajstić information content (AvgIpc) is 2.89. The molecule has 1 fully saturated rings. The second-order valence-corrected chi connectivity index (χ2v) is 8.01. The molecule has 2 aromatic rings. The van der Waals surface area contributed by atoms with Gasteiger partial charge in [-0.15, -0.1) is 6.58 Å². The number of aromatic amines is 1. The average molecular weight is 279 g/mol. The Morgan fingerprint density at radius 3 is 2.86 bits per heavy atom. The molecular formula is C20H25N. The van der Waals surface area contributed by atoms with Crippen molar-refractivity contribution >= 4 is 10.9 Å². The van der Waals surface area contributed by atoms with E-state index in [9.17, 15) is 0 Å². The molecule has 0 radical (unpaired) electrons. The molecule has 2 aliphatic rings. The number of rotatable bonds is 1. The van der Waals surface area contributed by atoms with E-state index >= 15 is 0 Å². The highest BCUT2D eigenvalue weighted by molar-refractivity contribution is 5.89. The minimum absolute atomic E-state index is 0.266. The number of fused-ring (bicyclic) bond motifs is 2. The van der Waals surface area contributed by atoms with E-state index in [1.807, 2.05) is 0 Å². The minimum Gasteiger partial charge on any atom is -0.361 e. The monoisotopic (exact) mass is 279 g/mol. The summed E-state index contributed by atoms with van der Waals surface area (Å²) in [6.45, 7) is 11.4. The second-order valence-electron chi connectivity index (χ2n) is 8.01.